The zero-order valence-electron chi connectivity index (χ0n) is 14.1. The fourth-order valence-corrected chi connectivity index (χ4v) is 2.81. The molecule has 1 heterocycles. The van der Waals surface area contributed by atoms with Gasteiger partial charge in [-0.2, -0.15) is 0 Å². The van der Waals surface area contributed by atoms with Crippen LogP contribution in [0.5, 0.6) is 17.2 Å². The molecule has 0 saturated heterocycles. The number of carbonyl (C=O) groups excluding carboxylic acids is 1. The number of ketones is 1. The number of ether oxygens (including phenoxy) is 1. The van der Waals surface area contributed by atoms with Crippen molar-refractivity contribution in [2.75, 3.05) is 0 Å². The van der Waals surface area contributed by atoms with Crippen molar-refractivity contribution in [3.05, 3.63) is 59.2 Å². The first-order chi connectivity index (χ1) is 11.8. The molecule has 3 N–H and O–H groups in total. The molecule has 25 heavy (non-hydrogen) atoms. The standard InChI is InChI=1S/C20H20O5/c1-20(2)17(23)10-13-16(25-20)11-15(22)18(19(13)24)14(21)9-8-12-6-4-3-5-7-12/h3-9,11,17,22-24H,10H2,1-2H3/b9-8+/t17-/m1/s1. The van der Waals surface area contributed by atoms with Gasteiger partial charge in [0.1, 0.15) is 28.4 Å². The molecule has 5 heteroatoms. The molecule has 130 valence electrons. The van der Waals surface area contributed by atoms with Gasteiger partial charge in [0.25, 0.3) is 0 Å². The SMILES string of the molecule is CC1(C)Oc2cc(O)c(C(=O)/C=C/c3ccccc3)c(O)c2C[C@H]1O. The molecular weight excluding hydrogens is 320 g/mol. The third kappa shape index (κ3) is 3.23. The predicted octanol–water partition coefficient (Wildman–Crippen LogP) is 3.07. The largest absolute Gasteiger partial charge is 0.507 e. The highest BCUT2D eigenvalue weighted by atomic mass is 16.5. The summed E-state index contributed by atoms with van der Waals surface area (Å²) in [7, 11) is 0. The smallest absolute Gasteiger partial charge is 0.193 e. The van der Waals surface area contributed by atoms with Crippen LogP contribution in [0.4, 0.5) is 0 Å². The number of phenolic OH excluding ortho intramolecular Hbond substituents is 2. The number of carbonyl (C=O) groups is 1. The van der Waals surface area contributed by atoms with E-state index in [1.165, 1.54) is 12.1 Å². The maximum atomic E-state index is 12.4. The van der Waals surface area contributed by atoms with Crippen molar-refractivity contribution in [1.82, 2.24) is 0 Å². The van der Waals surface area contributed by atoms with Gasteiger partial charge < -0.3 is 20.1 Å². The lowest BCUT2D eigenvalue weighted by atomic mass is 9.89. The number of benzene rings is 2. The molecule has 0 saturated carbocycles. The van der Waals surface area contributed by atoms with Crippen LogP contribution in [0, 0.1) is 0 Å². The van der Waals surface area contributed by atoms with E-state index in [4.69, 9.17) is 4.74 Å². The number of allylic oxidation sites excluding steroid dienone is 1. The van der Waals surface area contributed by atoms with E-state index in [0.717, 1.165) is 5.56 Å². The Bertz CT molecular complexity index is 837. The lowest BCUT2D eigenvalue weighted by Gasteiger charge is -2.37. The normalized spacial score (nSPS) is 18.6. The number of aliphatic hydroxyl groups excluding tert-OH is 1. The minimum absolute atomic E-state index is 0.136. The quantitative estimate of drug-likeness (QED) is 0.590. The highest BCUT2D eigenvalue weighted by Gasteiger charge is 2.38. The van der Waals surface area contributed by atoms with Gasteiger partial charge in [-0.15, -0.1) is 0 Å². The Morgan fingerprint density at radius 2 is 1.92 bits per heavy atom. The summed E-state index contributed by atoms with van der Waals surface area (Å²) in [5, 5.41) is 30.8. The topological polar surface area (TPSA) is 87.0 Å². The Morgan fingerprint density at radius 3 is 2.60 bits per heavy atom. The maximum Gasteiger partial charge on any atom is 0.193 e. The third-order valence-corrected chi connectivity index (χ3v) is 4.39. The van der Waals surface area contributed by atoms with Crippen LogP contribution in [0.15, 0.2) is 42.5 Å². The number of fused-ring (bicyclic) bond motifs is 1. The number of hydrogen-bond donors (Lipinski definition) is 3. The van der Waals surface area contributed by atoms with Crippen LogP contribution in [0.1, 0.15) is 35.3 Å². The van der Waals surface area contributed by atoms with Gasteiger partial charge in [0, 0.05) is 18.1 Å². The van der Waals surface area contributed by atoms with E-state index in [1.54, 1.807) is 19.9 Å². The van der Waals surface area contributed by atoms with Crippen molar-refractivity contribution in [1.29, 1.82) is 0 Å². The van der Waals surface area contributed by atoms with Crippen LogP contribution in [0.2, 0.25) is 0 Å². The maximum absolute atomic E-state index is 12.4. The zero-order chi connectivity index (χ0) is 18.2. The molecule has 0 amide bonds. The van der Waals surface area contributed by atoms with Crippen LogP contribution in [0.25, 0.3) is 6.08 Å². The van der Waals surface area contributed by atoms with Crippen LogP contribution in [-0.4, -0.2) is 32.8 Å². The van der Waals surface area contributed by atoms with Crippen LogP contribution in [0.3, 0.4) is 0 Å². The summed E-state index contributed by atoms with van der Waals surface area (Å²) < 4.78 is 5.66. The monoisotopic (exact) mass is 340 g/mol. The van der Waals surface area contributed by atoms with E-state index in [0.29, 0.717) is 5.56 Å². The van der Waals surface area contributed by atoms with Gasteiger partial charge in [0.15, 0.2) is 5.78 Å². The van der Waals surface area contributed by atoms with E-state index >= 15 is 0 Å². The van der Waals surface area contributed by atoms with Crippen LogP contribution >= 0.6 is 0 Å². The van der Waals surface area contributed by atoms with E-state index in [-0.39, 0.29) is 29.2 Å². The molecule has 0 aromatic heterocycles. The summed E-state index contributed by atoms with van der Waals surface area (Å²) >= 11 is 0. The fourth-order valence-electron chi connectivity index (χ4n) is 2.81. The summed E-state index contributed by atoms with van der Waals surface area (Å²) in [4.78, 5) is 12.4. The molecule has 5 nitrogen and oxygen atoms in total. The highest BCUT2D eigenvalue weighted by Crippen LogP contribution is 2.44. The number of phenols is 2. The molecule has 1 atom stereocenters. The van der Waals surface area contributed by atoms with E-state index < -0.39 is 17.5 Å². The molecular formula is C20H20O5. The molecule has 2 aromatic carbocycles. The molecule has 0 unspecified atom stereocenters. The first-order valence-electron chi connectivity index (χ1n) is 8.02. The third-order valence-electron chi connectivity index (χ3n) is 4.39. The number of aliphatic hydroxyl groups is 1. The lowest BCUT2D eigenvalue weighted by molar-refractivity contribution is -0.0418. The highest BCUT2D eigenvalue weighted by molar-refractivity contribution is 6.10. The van der Waals surface area contributed by atoms with E-state index in [2.05, 4.69) is 0 Å². The van der Waals surface area contributed by atoms with Gasteiger partial charge in [-0.05, 0) is 25.5 Å². The number of hydrogen-bond acceptors (Lipinski definition) is 5. The van der Waals surface area contributed by atoms with Gasteiger partial charge in [-0.25, -0.2) is 0 Å². The molecule has 1 aliphatic rings. The minimum Gasteiger partial charge on any atom is -0.507 e. The fraction of sp³-hybridized carbons (Fsp3) is 0.250. The molecule has 1 aliphatic heterocycles. The van der Waals surface area contributed by atoms with Crippen molar-refractivity contribution in [2.24, 2.45) is 0 Å². The molecule has 0 aliphatic carbocycles. The summed E-state index contributed by atoms with van der Waals surface area (Å²) in [6.45, 7) is 3.44. The molecule has 3 rings (SSSR count). The van der Waals surface area contributed by atoms with Gasteiger partial charge in [0.2, 0.25) is 0 Å². The average Bonchev–Trinajstić information content (AvgIpc) is 2.56. The number of rotatable bonds is 3. The van der Waals surface area contributed by atoms with Crippen LogP contribution in [-0.2, 0) is 6.42 Å². The minimum atomic E-state index is -0.843. The summed E-state index contributed by atoms with van der Waals surface area (Å²) in [6.07, 6.45) is 2.20. The summed E-state index contributed by atoms with van der Waals surface area (Å²) in [6, 6.07) is 10.5. The Labute approximate surface area is 145 Å². The van der Waals surface area contributed by atoms with Crippen molar-refractivity contribution >= 4 is 11.9 Å². The predicted molar refractivity (Wildman–Crippen MR) is 94.0 cm³/mol. The first-order valence-corrected chi connectivity index (χ1v) is 8.02. The lowest BCUT2D eigenvalue weighted by Crippen LogP contribution is -2.46. The molecule has 0 bridgehead atoms. The van der Waals surface area contributed by atoms with Gasteiger partial charge in [-0.1, -0.05) is 36.4 Å². The van der Waals surface area contributed by atoms with Gasteiger partial charge in [-0.3, -0.25) is 4.79 Å². The Balaban J connectivity index is 1.97. The van der Waals surface area contributed by atoms with Gasteiger partial charge >= 0.3 is 0 Å². The molecule has 0 radical (unpaired) electrons. The zero-order valence-corrected chi connectivity index (χ0v) is 14.1. The van der Waals surface area contributed by atoms with Crippen molar-refractivity contribution in [2.45, 2.75) is 32.0 Å². The van der Waals surface area contributed by atoms with Crippen molar-refractivity contribution < 1.29 is 24.9 Å². The second-order valence-corrected chi connectivity index (χ2v) is 6.63. The molecule has 0 spiro atoms. The summed E-state index contributed by atoms with van der Waals surface area (Å²) in [5.74, 6) is -0.965. The van der Waals surface area contributed by atoms with E-state index in [1.807, 2.05) is 30.3 Å². The summed E-state index contributed by atoms with van der Waals surface area (Å²) in [5.41, 5.74) is 0.112. The second kappa shape index (κ2) is 6.26. The Kier molecular flexibility index (Phi) is 4.27. The average molecular weight is 340 g/mol. The van der Waals surface area contributed by atoms with Gasteiger partial charge in [0.05, 0.1) is 6.10 Å². The number of aromatic hydroxyl groups is 2. The molecule has 2 aromatic rings. The second-order valence-electron chi connectivity index (χ2n) is 6.63. The van der Waals surface area contributed by atoms with Crippen LogP contribution < -0.4 is 4.74 Å². The Morgan fingerprint density at radius 1 is 1.24 bits per heavy atom. The van der Waals surface area contributed by atoms with Crippen molar-refractivity contribution in [3.63, 3.8) is 0 Å². The van der Waals surface area contributed by atoms with Crippen molar-refractivity contribution in [3.8, 4) is 17.2 Å². The Hall–Kier alpha value is -2.79. The molecule has 0 fully saturated rings. The first kappa shape index (κ1) is 17.0. The van der Waals surface area contributed by atoms with E-state index in [9.17, 15) is 20.1 Å².